The van der Waals surface area contributed by atoms with Gasteiger partial charge >= 0.3 is 5.97 Å². The zero-order valence-electron chi connectivity index (χ0n) is 10.6. The van der Waals surface area contributed by atoms with Crippen molar-refractivity contribution in [1.29, 1.82) is 0 Å². The molecule has 0 saturated heterocycles. The highest BCUT2D eigenvalue weighted by atomic mass is 16.5. The standard InChI is InChI=1S/C13H19NO3/c1-4-5-9(2)8-17-12-7-11(13(15)16)6-10(3)14-12/h6-7,9H,4-5,8H2,1-3H3,(H,15,16). The van der Waals surface area contributed by atoms with Crippen LogP contribution < -0.4 is 4.74 Å². The average Bonchev–Trinajstić information content (AvgIpc) is 2.26. The summed E-state index contributed by atoms with van der Waals surface area (Å²) in [5, 5.41) is 8.91. The van der Waals surface area contributed by atoms with Gasteiger partial charge in [0.05, 0.1) is 12.2 Å². The number of ether oxygens (including phenoxy) is 1. The van der Waals surface area contributed by atoms with Crippen LogP contribution >= 0.6 is 0 Å². The first-order valence-electron chi connectivity index (χ1n) is 5.87. The Kier molecular flexibility index (Phi) is 4.94. The summed E-state index contributed by atoms with van der Waals surface area (Å²) in [6.45, 7) is 6.57. The molecule has 0 amide bonds. The number of aromatic nitrogens is 1. The highest BCUT2D eigenvalue weighted by Crippen LogP contribution is 2.14. The van der Waals surface area contributed by atoms with Gasteiger partial charge in [0.25, 0.3) is 0 Å². The van der Waals surface area contributed by atoms with E-state index in [9.17, 15) is 4.79 Å². The lowest BCUT2D eigenvalue weighted by atomic mass is 10.1. The van der Waals surface area contributed by atoms with Crippen molar-refractivity contribution in [1.82, 2.24) is 4.98 Å². The molecule has 1 N–H and O–H groups in total. The van der Waals surface area contributed by atoms with E-state index in [2.05, 4.69) is 18.8 Å². The molecule has 1 unspecified atom stereocenters. The van der Waals surface area contributed by atoms with Crippen molar-refractivity contribution >= 4 is 5.97 Å². The van der Waals surface area contributed by atoms with Crippen LogP contribution in [0.1, 0.15) is 42.7 Å². The lowest BCUT2D eigenvalue weighted by molar-refractivity contribution is 0.0696. The Morgan fingerprint density at radius 1 is 1.53 bits per heavy atom. The Morgan fingerprint density at radius 2 is 2.24 bits per heavy atom. The molecule has 0 aliphatic carbocycles. The number of aromatic carboxylic acids is 1. The van der Waals surface area contributed by atoms with Crippen molar-refractivity contribution in [3.05, 3.63) is 23.4 Å². The van der Waals surface area contributed by atoms with Crippen molar-refractivity contribution in [2.45, 2.75) is 33.6 Å². The molecule has 0 aliphatic heterocycles. The molecule has 94 valence electrons. The molecule has 1 heterocycles. The zero-order valence-corrected chi connectivity index (χ0v) is 10.6. The number of pyridine rings is 1. The number of carbonyl (C=O) groups is 1. The summed E-state index contributed by atoms with van der Waals surface area (Å²) in [6, 6.07) is 3.00. The first-order chi connectivity index (χ1) is 8.02. The number of nitrogens with zero attached hydrogens (tertiary/aromatic N) is 1. The number of carboxylic acids is 1. The van der Waals surface area contributed by atoms with Gasteiger partial charge in [0, 0.05) is 11.8 Å². The second-order valence-electron chi connectivity index (χ2n) is 4.35. The highest BCUT2D eigenvalue weighted by molar-refractivity contribution is 5.87. The quantitative estimate of drug-likeness (QED) is 0.826. The SMILES string of the molecule is CCCC(C)COc1cc(C(=O)O)cc(C)n1. The molecule has 1 aromatic heterocycles. The van der Waals surface area contributed by atoms with E-state index in [1.165, 1.54) is 12.1 Å². The van der Waals surface area contributed by atoms with Gasteiger partial charge in [-0.2, -0.15) is 0 Å². The first kappa shape index (κ1) is 13.5. The monoisotopic (exact) mass is 237 g/mol. The number of hydrogen-bond donors (Lipinski definition) is 1. The molecular formula is C13H19NO3. The van der Waals surface area contributed by atoms with Crippen LogP contribution in [0.3, 0.4) is 0 Å². The van der Waals surface area contributed by atoms with Crippen LogP contribution in [0.4, 0.5) is 0 Å². The molecule has 0 radical (unpaired) electrons. The maximum atomic E-state index is 10.9. The molecule has 0 fully saturated rings. The number of hydrogen-bond acceptors (Lipinski definition) is 3. The smallest absolute Gasteiger partial charge is 0.335 e. The topological polar surface area (TPSA) is 59.4 Å². The third kappa shape index (κ3) is 4.43. The maximum Gasteiger partial charge on any atom is 0.335 e. The number of aryl methyl sites for hydroxylation is 1. The fraction of sp³-hybridized carbons (Fsp3) is 0.538. The molecule has 4 nitrogen and oxygen atoms in total. The van der Waals surface area contributed by atoms with E-state index in [1.807, 2.05) is 0 Å². The van der Waals surface area contributed by atoms with Gasteiger partial charge in [0.1, 0.15) is 0 Å². The Labute approximate surface area is 102 Å². The van der Waals surface area contributed by atoms with Crippen LogP contribution in [-0.4, -0.2) is 22.7 Å². The van der Waals surface area contributed by atoms with Gasteiger partial charge in [-0.05, 0) is 25.3 Å². The average molecular weight is 237 g/mol. The molecule has 0 bridgehead atoms. The van der Waals surface area contributed by atoms with Gasteiger partial charge < -0.3 is 9.84 Å². The van der Waals surface area contributed by atoms with Gasteiger partial charge in [-0.25, -0.2) is 9.78 Å². The van der Waals surface area contributed by atoms with Crippen molar-refractivity contribution in [2.24, 2.45) is 5.92 Å². The summed E-state index contributed by atoms with van der Waals surface area (Å²) in [5.74, 6) is -0.108. The third-order valence-electron chi connectivity index (χ3n) is 2.47. The van der Waals surface area contributed by atoms with Crippen LogP contribution in [0.5, 0.6) is 5.88 Å². The molecule has 1 aromatic rings. The van der Waals surface area contributed by atoms with E-state index >= 15 is 0 Å². The normalized spacial score (nSPS) is 12.2. The molecule has 0 spiro atoms. The van der Waals surface area contributed by atoms with Crippen LogP contribution in [0.2, 0.25) is 0 Å². The third-order valence-corrected chi connectivity index (χ3v) is 2.47. The molecule has 1 rings (SSSR count). The summed E-state index contributed by atoms with van der Waals surface area (Å²) >= 11 is 0. The van der Waals surface area contributed by atoms with E-state index in [4.69, 9.17) is 9.84 Å². The van der Waals surface area contributed by atoms with Gasteiger partial charge in [0.15, 0.2) is 0 Å². The van der Waals surface area contributed by atoms with Gasteiger partial charge in [-0.1, -0.05) is 20.3 Å². The Morgan fingerprint density at radius 3 is 2.82 bits per heavy atom. The van der Waals surface area contributed by atoms with Crippen LogP contribution in [0, 0.1) is 12.8 Å². The van der Waals surface area contributed by atoms with Crippen LogP contribution in [0.15, 0.2) is 12.1 Å². The van der Waals surface area contributed by atoms with Gasteiger partial charge in [-0.15, -0.1) is 0 Å². The van der Waals surface area contributed by atoms with Gasteiger partial charge in [-0.3, -0.25) is 0 Å². The van der Waals surface area contributed by atoms with E-state index < -0.39 is 5.97 Å². The minimum atomic E-state index is -0.957. The molecule has 0 aliphatic rings. The van der Waals surface area contributed by atoms with E-state index in [1.54, 1.807) is 6.92 Å². The lowest BCUT2D eigenvalue weighted by Gasteiger charge is -2.12. The van der Waals surface area contributed by atoms with E-state index in [0.29, 0.717) is 24.1 Å². The van der Waals surface area contributed by atoms with E-state index in [-0.39, 0.29) is 5.56 Å². The Bertz CT molecular complexity index is 390. The van der Waals surface area contributed by atoms with Gasteiger partial charge in [0.2, 0.25) is 5.88 Å². The Hall–Kier alpha value is -1.58. The second kappa shape index (κ2) is 6.23. The highest BCUT2D eigenvalue weighted by Gasteiger charge is 2.08. The predicted octanol–water partition coefficient (Wildman–Crippen LogP) is 2.90. The summed E-state index contributed by atoms with van der Waals surface area (Å²) in [7, 11) is 0. The molecule has 1 atom stereocenters. The minimum Gasteiger partial charge on any atom is -0.478 e. The minimum absolute atomic E-state index is 0.218. The molecular weight excluding hydrogens is 218 g/mol. The number of carboxylic acid groups (broad SMARTS) is 1. The molecule has 17 heavy (non-hydrogen) atoms. The molecule has 4 heteroatoms. The van der Waals surface area contributed by atoms with Crippen LogP contribution in [-0.2, 0) is 0 Å². The molecule has 0 saturated carbocycles. The van der Waals surface area contributed by atoms with Crippen molar-refractivity contribution in [2.75, 3.05) is 6.61 Å². The van der Waals surface area contributed by atoms with Crippen LogP contribution in [0.25, 0.3) is 0 Å². The first-order valence-corrected chi connectivity index (χ1v) is 5.87. The Balaban J connectivity index is 2.68. The number of rotatable bonds is 6. The maximum absolute atomic E-state index is 10.9. The lowest BCUT2D eigenvalue weighted by Crippen LogP contribution is -2.10. The van der Waals surface area contributed by atoms with Crippen molar-refractivity contribution in [3.8, 4) is 5.88 Å². The zero-order chi connectivity index (χ0) is 12.8. The van der Waals surface area contributed by atoms with Crippen molar-refractivity contribution < 1.29 is 14.6 Å². The summed E-state index contributed by atoms with van der Waals surface area (Å²) in [5.41, 5.74) is 0.874. The van der Waals surface area contributed by atoms with Crippen molar-refractivity contribution in [3.63, 3.8) is 0 Å². The second-order valence-corrected chi connectivity index (χ2v) is 4.35. The fourth-order valence-corrected chi connectivity index (χ4v) is 1.64. The summed E-state index contributed by atoms with van der Waals surface area (Å²) < 4.78 is 5.52. The summed E-state index contributed by atoms with van der Waals surface area (Å²) in [6.07, 6.45) is 2.21. The fourth-order valence-electron chi connectivity index (χ4n) is 1.64. The largest absolute Gasteiger partial charge is 0.478 e. The molecule has 0 aromatic carbocycles. The van der Waals surface area contributed by atoms with E-state index in [0.717, 1.165) is 12.8 Å². The summed E-state index contributed by atoms with van der Waals surface area (Å²) in [4.78, 5) is 15.0. The predicted molar refractivity (Wildman–Crippen MR) is 65.5 cm³/mol.